The van der Waals surface area contributed by atoms with E-state index in [1.807, 2.05) is 17.5 Å². The average Bonchev–Trinajstić information content (AvgIpc) is 2.83. The standard InChI is InChI=1S/C12H20N2S/c1-12(2,3)6-11-14-8-10(15-11)7-13-9-4-5-9/h8-9,13H,4-7H2,1-3H3. The molecule has 0 atom stereocenters. The zero-order valence-corrected chi connectivity index (χ0v) is 10.7. The fraction of sp³-hybridized carbons (Fsp3) is 0.750. The number of aromatic nitrogens is 1. The molecule has 84 valence electrons. The Hall–Kier alpha value is -0.410. The Morgan fingerprint density at radius 2 is 2.20 bits per heavy atom. The van der Waals surface area contributed by atoms with Crippen molar-refractivity contribution in [2.24, 2.45) is 5.41 Å². The highest BCUT2D eigenvalue weighted by atomic mass is 32.1. The molecule has 1 heterocycles. The molecule has 1 aromatic heterocycles. The Morgan fingerprint density at radius 1 is 1.47 bits per heavy atom. The Kier molecular flexibility index (Phi) is 3.12. The number of nitrogens with one attached hydrogen (secondary N) is 1. The Balaban J connectivity index is 1.85. The van der Waals surface area contributed by atoms with E-state index in [1.165, 1.54) is 22.7 Å². The van der Waals surface area contributed by atoms with Crippen molar-refractivity contribution < 1.29 is 0 Å². The lowest BCUT2D eigenvalue weighted by Crippen LogP contribution is -2.14. The van der Waals surface area contributed by atoms with Crippen LogP contribution in [0.5, 0.6) is 0 Å². The van der Waals surface area contributed by atoms with Crippen LogP contribution in [-0.2, 0) is 13.0 Å². The van der Waals surface area contributed by atoms with Crippen LogP contribution in [0.2, 0.25) is 0 Å². The van der Waals surface area contributed by atoms with Crippen molar-refractivity contribution >= 4 is 11.3 Å². The molecule has 0 amide bonds. The summed E-state index contributed by atoms with van der Waals surface area (Å²) in [6.45, 7) is 7.79. The molecule has 2 nitrogen and oxygen atoms in total. The maximum absolute atomic E-state index is 4.48. The summed E-state index contributed by atoms with van der Waals surface area (Å²) in [4.78, 5) is 5.85. The summed E-state index contributed by atoms with van der Waals surface area (Å²) in [6.07, 6.45) is 5.82. The van der Waals surface area contributed by atoms with Crippen LogP contribution in [-0.4, -0.2) is 11.0 Å². The van der Waals surface area contributed by atoms with Gasteiger partial charge in [0.15, 0.2) is 0 Å². The highest BCUT2D eigenvalue weighted by Crippen LogP contribution is 2.25. The SMILES string of the molecule is CC(C)(C)Cc1ncc(CNC2CC2)s1. The lowest BCUT2D eigenvalue weighted by molar-refractivity contribution is 0.410. The van der Waals surface area contributed by atoms with Gasteiger partial charge in [0.1, 0.15) is 0 Å². The Labute approximate surface area is 96.1 Å². The molecule has 0 unspecified atom stereocenters. The smallest absolute Gasteiger partial charge is 0.0933 e. The molecule has 1 aliphatic rings. The van der Waals surface area contributed by atoms with Gasteiger partial charge in [-0.25, -0.2) is 4.98 Å². The van der Waals surface area contributed by atoms with Gasteiger partial charge >= 0.3 is 0 Å². The molecule has 1 fully saturated rings. The molecule has 0 aliphatic heterocycles. The minimum atomic E-state index is 0.346. The van der Waals surface area contributed by atoms with E-state index in [0.717, 1.165) is 19.0 Å². The number of hydrogen-bond donors (Lipinski definition) is 1. The van der Waals surface area contributed by atoms with Crippen LogP contribution in [0.1, 0.15) is 43.5 Å². The lowest BCUT2D eigenvalue weighted by atomic mass is 9.93. The van der Waals surface area contributed by atoms with Crippen molar-refractivity contribution in [2.45, 2.75) is 52.6 Å². The van der Waals surface area contributed by atoms with Crippen LogP contribution in [0.4, 0.5) is 0 Å². The van der Waals surface area contributed by atoms with Gasteiger partial charge in [-0.1, -0.05) is 20.8 Å². The fourth-order valence-corrected chi connectivity index (χ4v) is 2.67. The van der Waals surface area contributed by atoms with E-state index >= 15 is 0 Å². The van der Waals surface area contributed by atoms with E-state index in [4.69, 9.17) is 0 Å². The summed E-state index contributed by atoms with van der Waals surface area (Å²) < 4.78 is 0. The van der Waals surface area contributed by atoms with Crippen molar-refractivity contribution in [1.29, 1.82) is 0 Å². The van der Waals surface area contributed by atoms with E-state index in [9.17, 15) is 0 Å². The summed E-state index contributed by atoms with van der Waals surface area (Å²) in [6, 6.07) is 0.790. The summed E-state index contributed by atoms with van der Waals surface area (Å²) >= 11 is 1.86. The first-order chi connectivity index (χ1) is 7.03. The minimum absolute atomic E-state index is 0.346. The van der Waals surface area contributed by atoms with Gasteiger partial charge in [0.2, 0.25) is 0 Å². The molecular weight excluding hydrogens is 204 g/mol. The van der Waals surface area contributed by atoms with Gasteiger partial charge in [-0.2, -0.15) is 0 Å². The normalized spacial score (nSPS) is 17.0. The second kappa shape index (κ2) is 4.22. The molecule has 1 N–H and O–H groups in total. The second-order valence-electron chi connectivity index (χ2n) is 5.61. The first-order valence-electron chi connectivity index (χ1n) is 5.70. The van der Waals surface area contributed by atoms with E-state index < -0.39 is 0 Å². The van der Waals surface area contributed by atoms with Gasteiger partial charge in [0, 0.05) is 30.1 Å². The Bertz CT molecular complexity index is 321. The molecule has 3 heteroatoms. The van der Waals surface area contributed by atoms with E-state index in [0.29, 0.717) is 5.41 Å². The van der Waals surface area contributed by atoms with Crippen LogP contribution < -0.4 is 5.32 Å². The third-order valence-corrected chi connectivity index (χ3v) is 3.42. The van der Waals surface area contributed by atoms with Crippen LogP contribution in [0, 0.1) is 5.41 Å². The van der Waals surface area contributed by atoms with Crippen molar-refractivity contribution in [1.82, 2.24) is 10.3 Å². The molecule has 0 aromatic carbocycles. The minimum Gasteiger partial charge on any atom is -0.309 e. The lowest BCUT2D eigenvalue weighted by Gasteiger charge is -2.15. The molecule has 15 heavy (non-hydrogen) atoms. The molecule has 0 radical (unpaired) electrons. The van der Waals surface area contributed by atoms with Crippen molar-refractivity contribution in [2.75, 3.05) is 0 Å². The molecule has 0 saturated heterocycles. The quantitative estimate of drug-likeness (QED) is 0.850. The van der Waals surface area contributed by atoms with Crippen molar-refractivity contribution in [3.05, 3.63) is 16.1 Å². The predicted molar refractivity (Wildman–Crippen MR) is 65.1 cm³/mol. The van der Waals surface area contributed by atoms with Gasteiger partial charge in [-0.15, -0.1) is 11.3 Å². The zero-order valence-electron chi connectivity index (χ0n) is 9.84. The van der Waals surface area contributed by atoms with E-state index in [2.05, 4.69) is 31.1 Å². The van der Waals surface area contributed by atoms with Gasteiger partial charge < -0.3 is 5.32 Å². The second-order valence-corrected chi connectivity index (χ2v) is 6.81. The van der Waals surface area contributed by atoms with E-state index in [1.54, 1.807) is 0 Å². The number of hydrogen-bond acceptors (Lipinski definition) is 3. The fourth-order valence-electron chi connectivity index (χ4n) is 1.50. The van der Waals surface area contributed by atoms with Crippen LogP contribution in [0.3, 0.4) is 0 Å². The summed E-state index contributed by atoms with van der Waals surface area (Å²) in [5.74, 6) is 0. The highest BCUT2D eigenvalue weighted by Gasteiger charge is 2.20. The molecule has 1 aliphatic carbocycles. The first kappa shape index (κ1) is 11.1. The average molecular weight is 224 g/mol. The largest absolute Gasteiger partial charge is 0.309 e. The Morgan fingerprint density at radius 3 is 2.80 bits per heavy atom. The third kappa shape index (κ3) is 3.92. The molecule has 2 rings (SSSR count). The maximum atomic E-state index is 4.48. The molecule has 1 aromatic rings. The predicted octanol–water partition coefficient (Wildman–Crippen LogP) is 2.98. The van der Waals surface area contributed by atoms with Gasteiger partial charge in [-0.3, -0.25) is 0 Å². The zero-order chi connectivity index (χ0) is 10.9. The van der Waals surface area contributed by atoms with Crippen molar-refractivity contribution in [3.8, 4) is 0 Å². The van der Waals surface area contributed by atoms with Gasteiger partial charge in [0.25, 0.3) is 0 Å². The van der Waals surface area contributed by atoms with Gasteiger partial charge in [0.05, 0.1) is 5.01 Å². The van der Waals surface area contributed by atoms with Crippen LogP contribution >= 0.6 is 11.3 Å². The van der Waals surface area contributed by atoms with Crippen LogP contribution in [0.25, 0.3) is 0 Å². The molecule has 1 saturated carbocycles. The van der Waals surface area contributed by atoms with Crippen LogP contribution in [0.15, 0.2) is 6.20 Å². The molecular formula is C12H20N2S. The molecule has 0 bridgehead atoms. The number of rotatable bonds is 4. The number of thiazole rings is 1. The first-order valence-corrected chi connectivity index (χ1v) is 6.51. The molecule has 0 spiro atoms. The highest BCUT2D eigenvalue weighted by molar-refractivity contribution is 7.11. The topological polar surface area (TPSA) is 24.9 Å². The maximum Gasteiger partial charge on any atom is 0.0933 e. The van der Waals surface area contributed by atoms with E-state index in [-0.39, 0.29) is 0 Å². The summed E-state index contributed by atoms with van der Waals surface area (Å²) in [7, 11) is 0. The monoisotopic (exact) mass is 224 g/mol. The summed E-state index contributed by atoms with van der Waals surface area (Å²) in [5, 5.41) is 4.79. The number of nitrogens with zero attached hydrogens (tertiary/aromatic N) is 1. The van der Waals surface area contributed by atoms with Crippen molar-refractivity contribution in [3.63, 3.8) is 0 Å². The van der Waals surface area contributed by atoms with Gasteiger partial charge in [-0.05, 0) is 18.3 Å². The summed E-state index contributed by atoms with van der Waals surface area (Å²) in [5.41, 5.74) is 0.346. The third-order valence-electron chi connectivity index (χ3n) is 2.43.